The van der Waals surface area contributed by atoms with E-state index in [1.807, 2.05) is 18.2 Å². The van der Waals surface area contributed by atoms with Gasteiger partial charge in [0.15, 0.2) is 0 Å². The second kappa shape index (κ2) is 7.31. The van der Waals surface area contributed by atoms with Crippen molar-refractivity contribution in [2.24, 2.45) is 0 Å². The molecule has 2 N–H and O–H groups in total. The summed E-state index contributed by atoms with van der Waals surface area (Å²) in [6, 6.07) is 13.3. The summed E-state index contributed by atoms with van der Waals surface area (Å²) >= 11 is 5.86. The van der Waals surface area contributed by atoms with Crippen LogP contribution in [0, 0.1) is 0 Å². The quantitative estimate of drug-likeness (QED) is 0.705. The van der Waals surface area contributed by atoms with Gasteiger partial charge in [0, 0.05) is 5.02 Å². The van der Waals surface area contributed by atoms with Crippen molar-refractivity contribution < 1.29 is 14.7 Å². The smallest absolute Gasteiger partial charge is 0.305 e. The van der Waals surface area contributed by atoms with Crippen molar-refractivity contribution in [3.63, 3.8) is 0 Å². The number of carbonyl (C=O) groups excluding carboxylic acids is 1. The van der Waals surface area contributed by atoms with Crippen LogP contribution in [0.1, 0.15) is 18.0 Å². The van der Waals surface area contributed by atoms with Crippen molar-refractivity contribution in [2.75, 3.05) is 0 Å². The molecule has 0 aliphatic rings. The number of aliphatic carboxylic acids is 1. The van der Waals surface area contributed by atoms with Crippen LogP contribution in [-0.4, -0.2) is 32.0 Å². The molecular weight excluding hydrogens is 344 g/mol. The molecule has 0 aliphatic carbocycles. The molecule has 3 rings (SSSR count). The Hall–Kier alpha value is -2.93. The van der Waals surface area contributed by atoms with Crippen molar-refractivity contribution in [1.82, 2.24) is 20.3 Å². The molecule has 0 saturated carbocycles. The number of hydrogen-bond acceptors (Lipinski definition) is 4. The normalized spacial score (nSPS) is 12.0. The summed E-state index contributed by atoms with van der Waals surface area (Å²) in [6.45, 7) is -0.0514. The molecule has 128 valence electrons. The first-order chi connectivity index (χ1) is 12.0. The van der Waals surface area contributed by atoms with E-state index in [2.05, 4.69) is 15.6 Å². The molecule has 0 bridgehead atoms. The van der Waals surface area contributed by atoms with Crippen LogP contribution < -0.4 is 5.32 Å². The van der Waals surface area contributed by atoms with Gasteiger partial charge >= 0.3 is 5.97 Å². The number of nitrogens with zero attached hydrogens (tertiary/aromatic N) is 3. The topological polar surface area (TPSA) is 97.1 Å². The number of halogens is 1. The van der Waals surface area contributed by atoms with Crippen molar-refractivity contribution >= 4 is 34.5 Å². The van der Waals surface area contributed by atoms with Crippen molar-refractivity contribution in [1.29, 1.82) is 0 Å². The maximum Gasteiger partial charge on any atom is 0.305 e. The standard InChI is InChI=1S/C17H15ClN4O3/c18-12-7-5-11(6-8-12)14(9-17(24)25)19-16(23)10-22-15-4-2-1-3-13(15)20-21-22/h1-8,14H,9-10H2,(H,19,23)(H,24,25)/t14-/m0/s1. The Morgan fingerprint density at radius 2 is 1.88 bits per heavy atom. The van der Waals surface area contributed by atoms with Gasteiger partial charge in [-0.15, -0.1) is 5.10 Å². The minimum Gasteiger partial charge on any atom is -0.481 e. The lowest BCUT2D eigenvalue weighted by Crippen LogP contribution is -2.33. The molecule has 8 heteroatoms. The summed E-state index contributed by atoms with van der Waals surface area (Å²) < 4.78 is 1.48. The van der Waals surface area contributed by atoms with Crippen molar-refractivity contribution in [2.45, 2.75) is 19.0 Å². The lowest BCUT2D eigenvalue weighted by Gasteiger charge is -2.17. The Morgan fingerprint density at radius 1 is 1.16 bits per heavy atom. The molecule has 0 fully saturated rings. The van der Waals surface area contributed by atoms with Gasteiger partial charge in [-0.3, -0.25) is 9.59 Å². The molecule has 0 aliphatic heterocycles. The van der Waals surface area contributed by atoms with E-state index in [0.29, 0.717) is 16.1 Å². The van der Waals surface area contributed by atoms with E-state index in [1.165, 1.54) is 4.68 Å². The highest BCUT2D eigenvalue weighted by Gasteiger charge is 2.19. The SMILES string of the molecule is O=C(O)C[C@H](NC(=O)Cn1nnc2ccccc21)c1ccc(Cl)cc1. The molecule has 1 amide bonds. The van der Waals surface area contributed by atoms with Gasteiger partial charge in [0.2, 0.25) is 5.91 Å². The number of amides is 1. The zero-order valence-corrected chi connectivity index (χ0v) is 13.8. The fraction of sp³-hybridized carbons (Fsp3) is 0.176. The summed E-state index contributed by atoms with van der Waals surface area (Å²) in [5, 5.41) is 20.3. The summed E-state index contributed by atoms with van der Waals surface area (Å²) in [6.07, 6.45) is -0.231. The molecule has 0 radical (unpaired) electrons. The zero-order valence-electron chi connectivity index (χ0n) is 13.1. The number of rotatable bonds is 6. The maximum absolute atomic E-state index is 12.4. The lowest BCUT2D eigenvalue weighted by molar-refractivity contribution is -0.137. The van der Waals surface area contributed by atoms with E-state index in [0.717, 1.165) is 5.52 Å². The largest absolute Gasteiger partial charge is 0.481 e. The molecule has 0 unspecified atom stereocenters. The summed E-state index contributed by atoms with van der Waals surface area (Å²) in [5.41, 5.74) is 2.10. The Labute approximate surface area is 148 Å². The van der Waals surface area contributed by atoms with Gasteiger partial charge in [-0.05, 0) is 29.8 Å². The third-order valence-corrected chi connectivity index (χ3v) is 3.95. The first-order valence-corrected chi connectivity index (χ1v) is 7.95. The number of para-hydroxylation sites is 1. The molecule has 1 aromatic heterocycles. The molecule has 25 heavy (non-hydrogen) atoms. The monoisotopic (exact) mass is 358 g/mol. The predicted molar refractivity (Wildman–Crippen MR) is 92.1 cm³/mol. The van der Waals surface area contributed by atoms with Gasteiger partial charge in [-0.1, -0.05) is 41.1 Å². The molecule has 0 spiro atoms. The number of hydrogen-bond donors (Lipinski definition) is 2. The second-order valence-electron chi connectivity index (χ2n) is 5.51. The molecule has 2 aromatic carbocycles. The third-order valence-electron chi connectivity index (χ3n) is 3.70. The number of fused-ring (bicyclic) bond motifs is 1. The van der Waals surface area contributed by atoms with Crippen LogP contribution in [0.3, 0.4) is 0 Å². The van der Waals surface area contributed by atoms with Crippen LogP contribution in [0.15, 0.2) is 48.5 Å². The first kappa shape index (κ1) is 16.9. The molecule has 3 aromatic rings. The average molecular weight is 359 g/mol. The highest BCUT2D eigenvalue weighted by Crippen LogP contribution is 2.20. The van der Waals surface area contributed by atoms with Gasteiger partial charge in [0.1, 0.15) is 12.1 Å². The van der Waals surface area contributed by atoms with Crippen LogP contribution in [0.25, 0.3) is 11.0 Å². The highest BCUT2D eigenvalue weighted by atomic mass is 35.5. The Balaban J connectivity index is 1.75. The van der Waals surface area contributed by atoms with E-state index in [1.54, 1.807) is 30.3 Å². The minimum absolute atomic E-state index is 0.0514. The van der Waals surface area contributed by atoms with Crippen LogP contribution in [-0.2, 0) is 16.1 Å². The molecule has 7 nitrogen and oxygen atoms in total. The summed E-state index contributed by atoms with van der Waals surface area (Å²) in [4.78, 5) is 23.5. The van der Waals surface area contributed by atoms with Gasteiger partial charge < -0.3 is 10.4 Å². The van der Waals surface area contributed by atoms with Gasteiger partial charge in [0.05, 0.1) is 18.0 Å². The minimum atomic E-state index is -1.01. The number of aromatic nitrogens is 3. The maximum atomic E-state index is 12.4. The molecule has 0 saturated heterocycles. The van der Waals surface area contributed by atoms with Gasteiger partial charge in [-0.25, -0.2) is 4.68 Å². The number of carboxylic acid groups (broad SMARTS) is 1. The highest BCUT2D eigenvalue weighted by molar-refractivity contribution is 6.30. The zero-order chi connectivity index (χ0) is 17.8. The fourth-order valence-electron chi connectivity index (χ4n) is 2.53. The van der Waals surface area contributed by atoms with Crippen LogP contribution in [0.2, 0.25) is 5.02 Å². The number of nitrogens with one attached hydrogen (secondary N) is 1. The van der Waals surface area contributed by atoms with E-state index >= 15 is 0 Å². The van der Waals surface area contributed by atoms with E-state index in [4.69, 9.17) is 16.7 Å². The van der Waals surface area contributed by atoms with E-state index in [9.17, 15) is 9.59 Å². The first-order valence-electron chi connectivity index (χ1n) is 7.58. The summed E-state index contributed by atoms with van der Waals surface area (Å²) in [7, 11) is 0. The average Bonchev–Trinajstić information content (AvgIpc) is 2.98. The van der Waals surface area contributed by atoms with Crippen LogP contribution in [0.5, 0.6) is 0 Å². The van der Waals surface area contributed by atoms with Gasteiger partial charge in [-0.2, -0.15) is 0 Å². The fourth-order valence-corrected chi connectivity index (χ4v) is 2.66. The van der Waals surface area contributed by atoms with Crippen molar-refractivity contribution in [3.05, 3.63) is 59.1 Å². The van der Waals surface area contributed by atoms with Crippen LogP contribution in [0.4, 0.5) is 0 Å². The van der Waals surface area contributed by atoms with Gasteiger partial charge in [0.25, 0.3) is 0 Å². The molecule has 1 atom stereocenters. The predicted octanol–water partition coefficient (Wildman–Crippen LogP) is 2.42. The lowest BCUT2D eigenvalue weighted by atomic mass is 10.0. The Morgan fingerprint density at radius 3 is 2.60 bits per heavy atom. The van der Waals surface area contributed by atoms with E-state index < -0.39 is 12.0 Å². The number of carboxylic acids is 1. The second-order valence-corrected chi connectivity index (χ2v) is 5.94. The molecular formula is C17H15ClN4O3. The number of benzene rings is 2. The Kier molecular flexibility index (Phi) is 4.95. The van der Waals surface area contributed by atoms with E-state index in [-0.39, 0.29) is 18.9 Å². The Bertz CT molecular complexity index is 908. The summed E-state index contributed by atoms with van der Waals surface area (Å²) in [5.74, 6) is -1.36. The third kappa shape index (κ3) is 4.13. The molecule has 1 heterocycles. The number of carbonyl (C=O) groups is 2. The van der Waals surface area contributed by atoms with Crippen LogP contribution >= 0.6 is 11.6 Å². The van der Waals surface area contributed by atoms with Crippen molar-refractivity contribution in [3.8, 4) is 0 Å².